The number of methoxy groups -OCH3 is 1. The summed E-state index contributed by atoms with van der Waals surface area (Å²) < 4.78 is 5.47. The first-order valence-electron chi connectivity index (χ1n) is 9.60. The Bertz CT molecular complexity index is 760. The number of benzene rings is 2. The molecule has 1 aliphatic heterocycles. The molecule has 1 heterocycles. The van der Waals surface area contributed by atoms with Gasteiger partial charge in [-0.25, -0.2) is 0 Å². The highest BCUT2D eigenvalue weighted by Gasteiger charge is 2.23. The van der Waals surface area contributed by atoms with E-state index in [1.807, 2.05) is 13.1 Å². The fourth-order valence-electron chi connectivity index (χ4n) is 3.56. The molecule has 2 aromatic carbocycles. The Hall–Kier alpha value is -2.69. The van der Waals surface area contributed by atoms with Crippen molar-refractivity contribution in [3.63, 3.8) is 0 Å². The van der Waals surface area contributed by atoms with Gasteiger partial charge in [0.1, 0.15) is 5.75 Å². The van der Waals surface area contributed by atoms with E-state index in [4.69, 9.17) is 4.74 Å². The van der Waals surface area contributed by atoms with Gasteiger partial charge in [0.25, 0.3) is 0 Å². The Morgan fingerprint density at radius 2 is 2.04 bits per heavy atom. The average Bonchev–Trinajstić information content (AvgIpc) is 3.16. The second kappa shape index (κ2) is 9.31. The molecule has 0 aromatic heterocycles. The molecule has 0 saturated carbocycles. The third kappa shape index (κ3) is 5.16. The molecule has 1 aliphatic rings. The lowest BCUT2D eigenvalue weighted by molar-refractivity contribution is 0.409. The second-order valence-corrected chi connectivity index (χ2v) is 6.98. The van der Waals surface area contributed by atoms with Crippen LogP contribution in [-0.2, 0) is 6.42 Å². The van der Waals surface area contributed by atoms with Gasteiger partial charge in [-0.2, -0.15) is 0 Å². The van der Waals surface area contributed by atoms with Gasteiger partial charge >= 0.3 is 0 Å². The quantitative estimate of drug-likeness (QED) is 0.610. The van der Waals surface area contributed by atoms with Gasteiger partial charge in [-0.05, 0) is 43.5 Å². The molecule has 2 N–H and O–H groups in total. The predicted molar refractivity (Wildman–Crippen MR) is 113 cm³/mol. The minimum absolute atomic E-state index is 0.407. The summed E-state index contributed by atoms with van der Waals surface area (Å²) in [5.74, 6) is 1.81. The normalized spacial score (nSPS) is 17.1. The molecule has 5 heteroatoms. The zero-order valence-corrected chi connectivity index (χ0v) is 16.5. The van der Waals surface area contributed by atoms with E-state index in [2.05, 4.69) is 69.9 Å². The van der Waals surface area contributed by atoms with Crippen LogP contribution in [-0.4, -0.2) is 45.8 Å². The third-order valence-electron chi connectivity index (χ3n) is 5.00. The summed E-state index contributed by atoms with van der Waals surface area (Å²) in [5.41, 5.74) is 3.76. The SMILES string of the molecule is CN=C(NCCc1cc(C)ccc1OC)NC1CCN(c2ccccc2)C1. The van der Waals surface area contributed by atoms with Crippen LogP contribution < -0.4 is 20.3 Å². The van der Waals surface area contributed by atoms with Crippen LogP contribution in [0, 0.1) is 6.92 Å². The molecule has 2 aromatic rings. The number of hydrogen-bond acceptors (Lipinski definition) is 3. The predicted octanol–water partition coefficient (Wildman–Crippen LogP) is 2.99. The molecule has 5 nitrogen and oxygen atoms in total. The fourth-order valence-corrected chi connectivity index (χ4v) is 3.56. The number of nitrogens with one attached hydrogen (secondary N) is 2. The molecule has 0 aliphatic carbocycles. The van der Waals surface area contributed by atoms with Gasteiger partial charge in [0.05, 0.1) is 7.11 Å². The summed E-state index contributed by atoms with van der Waals surface area (Å²) in [6, 6.07) is 17.3. The highest BCUT2D eigenvalue weighted by atomic mass is 16.5. The average molecular weight is 367 g/mol. The molecule has 0 amide bonds. The van der Waals surface area contributed by atoms with Crippen molar-refractivity contribution in [1.82, 2.24) is 10.6 Å². The van der Waals surface area contributed by atoms with Crippen LogP contribution >= 0.6 is 0 Å². The number of guanidine groups is 1. The molecular weight excluding hydrogens is 336 g/mol. The van der Waals surface area contributed by atoms with Crippen LogP contribution in [0.5, 0.6) is 5.75 Å². The number of aliphatic imine (C=N–C) groups is 1. The summed E-state index contributed by atoms with van der Waals surface area (Å²) in [6.45, 7) is 4.99. The van der Waals surface area contributed by atoms with Gasteiger partial charge < -0.3 is 20.3 Å². The maximum absolute atomic E-state index is 5.47. The van der Waals surface area contributed by atoms with E-state index in [9.17, 15) is 0 Å². The second-order valence-electron chi connectivity index (χ2n) is 6.98. The van der Waals surface area contributed by atoms with E-state index in [0.29, 0.717) is 6.04 Å². The van der Waals surface area contributed by atoms with Crippen molar-refractivity contribution in [2.24, 2.45) is 4.99 Å². The maximum atomic E-state index is 5.47. The highest BCUT2D eigenvalue weighted by Crippen LogP contribution is 2.20. The minimum Gasteiger partial charge on any atom is -0.496 e. The number of aryl methyl sites for hydroxylation is 1. The Morgan fingerprint density at radius 3 is 2.78 bits per heavy atom. The van der Waals surface area contributed by atoms with Crippen molar-refractivity contribution in [2.45, 2.75) is 25.8 Å². The summed E-state index contributed by atoms with van der Waals surface area (Å²) in [6.07, 6.45) is 2.01. The standard InChI is InChI=1S/C22H30N4O/c1-17-9-10-21(27-3)18(15-17)11-13-24-22(23-2)25-19-12-14-26(16-19)20-7-5-4-6-8-20/h4-10,15,19H,11-14,16H2,1-3H3,(H2,23,24,25). The lowest BCUT2D eigenvalue weighted by atomic mass is 10.1. The smallest absolute Gasteiger partial charge is 0.191 e. The Labute approximate surface area is 162 Å². The van der Waals surface area contributed by atoms with E-state index in [1.165, 1.54) is 16.8 Å². The number of ether oxygens (including phenoxy) is 1. The number of anilines is 1. The van der Waals surface area contributed by atoms with Crippen LogP contribution in [0.3, 0.4) is 0 Å². The minimum atomic E-state index is 0.407. The van der Waals surface area contributed by atoms with E-state index >= 15 is 0 Å². The van der Waals surface area contributed by atoms with E-state index in [0.717, 1.165) is 44.2 Å². The molecule has 1 fully saturated rings. The lowest BCUT2D eigenvalue weighted by Crippen LogP contribution is -2.45. The van der Waals surface area contributed by atoms with Crippen LogP contribution in [0.25, 0.3) is 0 Å². The molecule has 1 unspecified atom stereocenters. The molecular formula is C22H30N4O. The first kappa shape index (κ1) is 19.1. The zero-order valence-electron chi connectivity index (χ0n) is 16.5. The summed E-state index contributed by atoms with van der Waals surface area (Å²) in [5, 5.41) is 6.99. The van der Waals surface area contributed by atoms with Crippen LogP contribution in [0.4, 0.5) is 5.69 Å². The van der Waals surface area contributed by atoms with Gasteiger partial charge in [0.15, 0.2) is 5.96 Å². The van der Waals surface area contributed by atoms with E-state index in [-0.39, 0.29) is 0 Å². The molecule has 27 heavy (non-hydrogen) atoms. The monoisotopic (exact) mass is 366 g/mol. The van der Waals surface area contributed by atoms with Crippen molar-refractivity contribution in [1.29, 1.82) is 0 Å². The number of hydrogen-bond donors (Lipinski definition) is 2. The zero-order chi connectivity index (χ0) is 19.1. The van der Waals surface area contributed by atoms with Gasteiger partial charge in [-0.15, -0.1) is 0 Å². The largest absolute Gasteiger partial charge is 0.496 e. The van der Waals surface area contributed by atoms with Crippen molar-refractivity contribution in [3.8, 4) is 5.75 Å². The van der Waals surface area contributed by atoms with E-state index < -0.39 is 0 Å². The van der Waals surface area contributed by atoms with Crippen molar-refractivity contribution in [2.75, 3.05) is 38.7 Å². The molecule has 0 radical (unpaired) electrons. The molecule has 0 spiro atoms. The van der Waals surface area contributed by atoms with Gasteiger partial charge in [-0.3, -0.25) is 4.99 Å². The first-order chi connectivity index (χ1) is 13.2. The third-order valence-corrected chi connectivity index (χ3v) is 5.00. The van der Waals surface area contributed by atoms with Crippen LogP contribution in [0.1, 0.15) is 17.5 Å². The summed E-state index contributed by atoms with van der Waals surface area (Å²) >= 11 is 0. The topological polar surface area (TPSA) is 48.9 Å². The summed E-state index contributed by atoms with van der Waals surface area (Å²) in [4.78, 5) is 6.80. The number of rotatable bonds is 6. The molecule has 1 atom stereocenters. The van der Waals surface area contributed by atoms with Crippen molar-refractivity contribution >= 4 is 11.6 Å². The lowest BCUT2D eigenvalue weighted by Gasteiger charge is -2.20. The van der Waals surface area contributed by atoms with Crippen molar-refractivity contribution in [3.05, 3.63) is 59.7 Å². The van der Waals surface area contributed by atoms with Gasteiger partial charge in [-0.1, -0.05) is 35.9 Å². The Balaban J connectivity index is 1.48. The van der Waals surface area contributed by atoms with Crippen molar-refractivity contribution < 1.29 is 4.74 Å². The van der Waals surface area contributed by atoms with Crippen LogP contribution in [0.2, 0.25) is 0 Å². The van der Waals surface area contributed by atoms with Crippen LogP contribution in [0.15, 0.2) is 53.5 Å². The fraction of sp³-hybridized carbons (Fsp3) is 0.409. The Morgan fingerprint density at radius 1 is 1.22 bits per heavy atom. The van der Waals surface area contributed by atoms with E-state index in [1.54, 1.807) is 7.11 Å². The molecule has 1 saturated heterocycles. The first-order valence-corrected chi connectivity index (χ1v) is 9.60. The maximum Gasteiger partial charge on any atom is 0.191 e. The molecule has 3 rings (SSSR count). The number of nitrogens with zero attached hydrogens (tertiary/aromatic N) is 2. The van der Waals surface area contributed by atoms with Gasteiger partial charge in [0, 0.05) is 38.4 Å². The number of para-hydroxylation sites is 1. The molecule has 0 bridgehead atoms. The summed E-state index contributed by atoms with van der Waals surface area (Å²) in [7, 11) is 3.55. The Kier molecular flexibility index (Phi) is 6.58. The van der Waals surface area contributed by atoms with Gasteiger partial charge in [0.2, 0.25) is 0 Å². The highest BCUT2D eigenvalue weighted by molar-refractivity contribution is 5.80. The molecule has 144 valence electrons.